The summed E-state index contributed by atoms with van der Waals surface area (Å²) in [6.45, 7) is -0.0134. The van der Waals surface area contributed by atoms with Crippen molar-refractivity contribution in [2.45, 2.75) is 6.54 Å². The van der Waals surface area contributed by atoms with Crippen molar-refractivity contribution in [2.24, 2.45) is 0 Å². The van der Waals surface area contributed by atoms with Gasteiger partial charge in [0.2, 0.25) is 0 Å². The first-order valence-corrected chi connectivity index (χ1v) is 5.82. The highest BCUT2D eigenvalue weighted by atomic mass is 19.1. The normalized spacial score (nSPS) is 13.8. The molecule has 20 heavy (non-hydrogen) atoms. The molecule has 1 aliphatic rings. The molecule has 0 saturated heterocycles. The highest BCUT2D eigenvalue weighted by molar-refractivity contribution is 6.52. The van der Waals surface area contributed by atoms with E-state index in [-0.39, 0.29) is 12.2 Å². The minimum atomic E-state index is -1.02. The van der Waals surface area contributed by atoms with Gasteiger partial charge >= 0.3 is 0 Å². The van der Waals surface area contributed by atoms with Crippen LogP contribution in [0.25, 0.3) is 0 Å². The van der Waals surface area contributed by atoms with Gasteiger partial charge in [-0.25, -0.2) is 8.78 Å². The monoisotopic (exact) mass is 274 g/mol. The molecule has 0 radical (unpaired) electrons. The Balaban J connectivity index is 2.09. The van der Waals surface area contributed by atoms with Crippen LogP contribution in [-0.2, 0) is 11.3 Å². The first-order valence-electron chi connectivity index (χ1n) is 5.82. The van der Waals surface area contributed by atoms with Crippen LogP contribution in [0.5, 0.6) is 0 Å². The Bertz CT molecular complexity index is 717. The van der Waals surface area contributed by atoms with Gasteiger partial charge in [-0.15, -0.1) is 0 Å². The largest absolute Gasteiger partial charge is 0.299 e. The zero-order chi connectivity index (χ0) is 14.3. The molecule has 1 aromatic carbocycles. The van der Waals surface area contributed by atoms with E-state index in [4.69, 9.17) is 0 Å². The fourth-order valence-corrected chi connectivity index (χ4v) is 2.17. The summed E-state index contributed by atoms with van der Waals surface area (Å²) in [5.74, 6) is -3.64. The molecule has 4 nitrogen and oxygen atoms in total. The number of benzene rings is 1. The van der Waals surface area contributed by atoms with E-state index in [0.29, 0.717) is 5.56 Å². The third-order valence-electron chi connectivity index (χ3n) is 3.10. The lowest BCUT2D eigenvalue weighted by molar-refractivity contribution is -0.114. The van der Waals surface area contributed by atoms with Crippen LogP contribution in [0.3, 0.4) is 0 Å². The second kappa shape index (κ2) is 4.48. The predicted octanol–water partition coefficient (Wildman–Crippen LogP) is 2.09. The Hall–Kier alpha value is -2.63. The molecule has 1 aliphatic heterocycles. The standard InChI is InChI=1S/C14H8F2N2O2/c15-9-1-2-10(16)12-11(9)13(19)14(20)18(12)7-8-3-5-17-6-4-8/h1-6H,7H2. The number of aromatic nitrogens is 1. The molecule has 0 unspecified atom stereocenters. The van der Waals surface area contributed by atoms with Crippen molar-refractivity contribution in [3.05, 3.63) is 59.4 Å². The number of nitrogens with zero attached hydrogens (tertiary/aromatic N) is 2. The van der Waals surface area contributed by atoms with Crippen molar-refractivity contribution in [2.75, 3.05) is 4.90 Å². The van der Waals surface area contributed by atoms with Crippen LogP contribution in [0, 0.1) is 11.6 Å². The summed E-state index contributed by atoms with van der Waals surface area (Å²) < 4.78 is 27.5. The number of anilines is 1. The molecule has 0 N–H and O–H groups in total. The molecule has 0 aliphatic carbocycles. The highest BCUT2D eigenvalue weighted by Crippen LogP contribution is 2.34. The van der Waals surface area contributed by atoms with E-state index in [1.54, 1.807) is 12.1 Å². The number of rotatable bonds is 2. The van der Waals surface area contributed by atoms with Gasteiger partial charge in [-0.2, -0.15) is 0 Å². The summed E-state index contributed by atoms with van der Waals surface area (Å²) in [4.78, 5) is 28.4. The van der Waals surface area contributed by atoms with Crippen LogP contribution in [0.4, 0.5) is 14.5 Å². The lowest BCUT2D eigenvalue weighted by atomic mass is 10.1. The summed E-state index contributed by atoms with van der Waals surface area (Å²) in [6, 6.07) is 5.01. The van der Waals surface area contributed by atoms with Gasteiger partial charge in [0.15, 0.2) is 0 Å². The minimum absolute atomic E-state index is 0.0134. The Kier molecular flexibility index (Phi) is 2.78. The van der Waals surface area contributed by atoms with Gasteiger partial charge in [0.05, 0.1) is 17.8 Å². The van der Waals surface area contributed by atoms with E-state index < -0.39 is 28.9 Å². The minimum Gasteiger partial charge on any atom is -0.297 e. The van der Waals surface area contributed by atoms with Gasteiger partial charge in [0.25, 0.3) is 11.7 Å². The number of amides is 1. The van der Waals surface area contributed by atoms with E-state index in [1.165, 1.54) is 12.4 Å². The number of hydrogen-bond donors (Lipinski definition) is 0. The van der Waals surface area contributed by atoms with Gasteiger partial charge in [-0.1, -0.05) is 0 Å². The first-order chi connectivity index (χ1) is 9.59. The molecule has 0 atom stereocenters. The SMILES string of the molecule is O=C1C(=O)N(Cc2ccncc2)c2c(F)ccc(F)c21. The number of halogens is 2. The molecule has 3 rings (SSSR count). The molecule has 0 bridgehead atoms. The van der Waals surface area contributed by atoms with Crippen LogP contribution in [0.15, 0.2) is 36.7 Å². The molecule has 0 saturated carbocycles. The summed E-state index contributed by atoms with van der Waals surface area (Å²) in [7, 11) is 0. The number of carbonyl (C=O) groups excluding carboxylic acids is 2. The maximum Gasteiger partial charge on any atom is 0.299 e. The lowest BCUT2D eigenvalue weighted by Crippen LogP contribution is -2.29. The Labute approximate surface area is 112 Å². The topological polar surface area (TPSA) is 50.3 Å². The summed E-state index contributed by atoms with van der Waals surface area (Å²) in [6.07, 6.45) is 3.03. The van der Waals surface area contributed by atoms with Crippen LogP contribution >= 0.6 is 0 Å². The Morgan fingerprint density at radius 2 is 1.65 bits per heavy atom. The number of Topliss-reactive ketones (excluding diaryl/α,β-unsaturated/α-hetero) is 1. The number of hydrogen-bond acceptors (Lipinski definition) is 3. The fraction of sp³-hybridized carbons (Fsp3) is 0.0714. The lowest BCUT2D eigenvalue weighted by Gasteiger charge is -2.16. The van der Waals surface area contributed by atoms with Gasteiger partial charge in [-0.05, 0) is 29.8 Å². The van der Waals surface area contributed by atoms with Crippen LogP contribution in [-0.4, -0.2) is 16.7 Å². The quantitative estimate of drug-likeness (QED) is 0.788. The maximum absolute atomic E-state index is 13.8. The van der Waals surface area contributed by atoms with Gasteiger partial charge < -0.3 is 0 Å². The van der Waals surface area contributed by atoms with Crippen LogP contribution < -0.4 is 4.90 Å². The smallest absolute Gasteiger partial charge is 0.297 e. The Morgan fingerprint density at radius 3 is 2.35 bits per heavy atom. The van der Waals surface area contributed by atoms with Crippen LogP contribution in [0.1, 0.15) is 15.9 Å². The summed E-state index contributed by atoms with van der Waals surface area (Å²) in [5.41, 5.74) is -0.126. The molecule has 6 heteroatoms. The van der Waals surface area contributed by atoms with Crippen molar-refractivity contribution < 1.29 is 18.4 Å². The number of ketones is 1. The van der Waals surface area contributed by atoms with E-state index in [9.17, 15) is 18.4 Å². The number of carbonyl (C=O) groups is 2. The number of fused-ring (bicyclic) bond motifs is 1. The highest BCUT2D eigenvalue weighted by Gasteiger charge is 2.40. The van der Waals surface area contributed by atoms with E-state index in [0.717, 1.165) is 17.0 Å². The van der Waals surface area contributed by atoms with E-state index in [1.807, 2.05) is 0 Å². The molecule has 100 valence electrons. The molecule has 0 fully saturated rings. The van der Waals surface area contributed by atoms with Gasteiger partial charge in [-0.3, -0.25) is 19.5 Å². The van der Waals surface area contributed by atoms with Gasteiger partial charge in [0, 0.05) is 12.4 Å². The second-order valence-corrected chi connectivity index (χ2v) is 4.33. The molecule has 0 spiro atoms. The molecular weight excluding hydrogens is 266 g/mol. The third kappa shape index (κ3) is 1.77. The van der Waals surface area contributed by atoms with Crippen molar-refractivity contribution in [3.8, 4) is 0 Å². The zero-order valence-corrected chi connectivity index (χ0v) is 10.1. The van der Waals surface area contributed by atoms with E-state index >= 15 is 0 Å². The van der Waals surface area contributed by atoms with Crippen molar-refractivity contribution in [1.82, 2.24) is 4.98 Å². The first kappa shape index (κ1) is 12.4. The average Bonchev–Trinajstić information content (AvgIpc) is 2.70. The number of pyridine rings is 1. The van der Waals surface area contributed by atoms with Crippen LogP contribution in [0.2, 0.25) is 0 Å². The fourth-order valence-electron chi connectivity index (χ4n) is 2.17. The summed E-state index contributed by atoms with van der Waals surface area (Å²) in [5, 5.41) is 0. The van der Waals surface area contributed by atoms with Gasteiger partial charge in [0.1, 0.15) is 11.6 Å². The Morgan fingerprint density at radius 1 is 1.00 bits per heavy atom. The maximum atomic E-state index is 13.8. The average molecular weight is 274 g/mol. The van der Waals surface area contributed by atoms with Crippen molar-refractivity contribution in [3.63, 3.8) is 0 Å². The molecule has 2 aromatic rings. The molecule has 2 heterocycles. The second-order valence-electron chi connectivity index (χ2n) is 4.33. The van der Waals surface area contributed by atoms with Crippen molar-refractivity contribution in [1.29, 1.82) is 0 Å². The third-order valence-corrected chi connectivity index (χ3v) is 3.10. The predicted molar refractivity (Wildman–Crippen MR) is 66.1 cm³/mol. The molecular formula is C14H8F2N2O2. The molecule has 1 aromatic heterocycles. The van der Waals surface area contributed by atoms with Crippen molar-refractivity contribution >= 4 is 17.4 Å². The summed E-state index contributed by atoms with van der Waals surface area (Å²) >= 11 is 0. The molecule has 1 amide bonds. The zero-order valence-electron chi connectivity index (χ0n) is 10.1. The van der Waals surface area contributed by atoms with E-state index in [2.05, 4.69) is 4.98 Å².